The molecular formula is C28H42ClF2N3O3. The molecule has 1 aliphatic rings. The van der Waals surface area contributed by atoms with E-state index in [1.54, 1.807) is 0 Å². The van der Waals surface area contributed by atoms with Crippen molar-refractivity contribution >= 4 is 23.7 Å². The Morgan fingerprint density at radius 1 is 1.14 bits per heavy atom. The highest BCUT2D eigenvalue weighted by molar-refractivity contribution is 6.30. The molecule has 2 aromatic carbocycles. The van der Waals surface area contributed by atoms with Crippen LogP contribution in [0.3, 0.4) is 0 Å². The van der Waals surface area contributed by atoms with E-state index in [0.29, 0.717) is 17.0 Å². The molecule has 0 bridgehead atoms. The number of carbonyl (C=O) groups excluding carboxylic acids is 1. The van der Waals surface area contributed by atoms with Crippen LogP contribution >= 0.6 is 11.6 Å². The molecule has 0 saturated heterocycles. The van der Waals surface area contributed by atoms with E-state index in [1.165, 1.54) is 0 Å². The van der Waals surface area contributed by atoms with E-state index in [4.69, 9.17) is 27.5 Å². The smallest absolute Gasteiger partial charge is 0.211 e. The summed E-state index contributed by atoms with van der Waals surface area (Å²) in [7, 11) is 1.00. The summed E-state index contributed by atoms with van der Waals surface area (Å²) in [5.74, 6) is -1.82. The predicted molar refractivity (Wildman–Crippen MR) is 147 cm³/mol. The first-order chi connectivity index (χ1) is 17.1. The Morgan fingerprint density at radius 2 is 1.70 bits per heavy atom. The van der Waals surface area contributed by atoms with Gasteiger partial charge in [0.1, 0.15) is 0 Å². The number of hydrogen-bond acceptors (Lipinski definition) is 5. The summed E-state index contributed by atoms with van der Waals surface area (Å²) in [4.78, 5) is 11.0. The van der Waals surface area contributed by atoms with Crippen LogP contribution < -0.4 is 16.4 Å². The molecule has 0 spiro atoms. The highest BCUT2D eigenvalue weighted by Crippen LogP contribution is 2.39. The number of anilines is 1. The zero-order valence-electron chi connectivity index (χ0n) is 22.8. The number of halogens is 3. The van der Waals surface area contributed by atoms with E-state index in [-0.39, 0.29) is 35.1 Å². The van der Waals surface area contributed by atoms with Gasteiger partial charge in [0.05, 0.1) is 5.60 Å². The maximum Gasteiger partial charge on any atom is 0.211 e. The lowest BCUT2D eigenvalue weighted by molar-refractivity contribution is -0.105. The Kier molecular flexibility index (Phi) is 12.6. The summed E-state index contributed by atoms with van der Waals surface area (Å²) in [5, 5.41) is 22.7. The van der Waals surface area contributed by atoms with Crippen molar-refractivity contribution in [2.75, 3.05) is 12.4 Å². The van der Waals surface area contributed by atoms with Crippen LogP contribution in [0.15, 0.2) is 36.4 Å². The average molecular weight is 542 g/mol. The number of hydrogen-bond donors (Lipinski definition) is 5. The van der Waals surface area contributed by atoms with E-state index in [2.05, 4.69) is 17.6 Å². The number of nitrogens with two attached hydrogens (primary N) is 1. The van der Waals surface area contributed by atoms with Crippen LogP contribution in [-0.4, -0.2) is 41.4 Å². The first-order valence-electron chi connectivity index (χ1n) is 12.3. The van der Waals surface area contributed by atoms with Crippen molar-refractivity contribution in [1.29, 1.82) is 0 Å². The summed E-state index contributed by atoms with van der Waals surface area (Å²) in [6, 6.07) is 9.77. The number of aliphatic hydroxyl groups excluding tert-OH is 1. The predicted octanol–water partition coefficient (Wildman–Crippen LogP) is 5.52. The SMILES string of the molecule is CC(c1cccc(Cl)c1)[C@H](C)NC(c1cc(F)c(F)cc1NC=O)C(C)(C)C.CC1(O)CC(N)C1.CO. The number of rotatable bonds is 7. The molecule has 6 N–H and O–H groups in total. The average Bonchev–Trinajstić information content (AvgIpc) is 2.79. The van der Waals surface area contributed by atoms with Gasteiger partial charge >= 0.3 is 0 Å². The van der Waals surface area contributed by atoms with Crippen LogP contribution in [0.1, 0.15) is 77.5 Å². The lowest BCUT2D eigenvalue weighted by atomic mass is 9.78. The van der Waals surface area contributed by atoms with Crippen LogP contribution in [-0.2, 0) is 4.79 Å². The third kappa shape index (κ3) is 9.94. The lowest BCUT2D eigenvalue weighted by Gasteiger charge is -2.38. The van der Waals surface area contributed by atoms with Crippen LogP contribution in [0.25, 0.3) is 0 Å². The molecule has 1 aliphatic carbocycles. The third-order valence-corrected chi connectivity index (χ3v) is 6.68. The second-order valence-corrected chi connectivity index (χ2v) is 11.3. The van der Waals surface area contributed by atoms with E-state index >= 15 is 0 Å². The molecule has 0 heterocycles. The van der Waals surface area contributed by atoms with Gasteiger partial charge in [0.2, 0.25) is 6.41 Å². The first kappa shape index (κ1) is 32.9. The van der Waals surface area contributed by atoms with Crippen molar-refractivity contribution in [3.8, 4) is 0 Å². The summed E-state index contributed by atoms with van der Waals surface area (Å²) in [6.07, 6.45) is 2.01. The molecular weight excluding hydrogens is 500 g/mol. The Bertz CT molecular complexity index is 1010. The molecule has 37 heavy (non-hydrogen) atoms. The number of carbonyl (C=O) groups is 1. The van der Waals surface area contributed by atoms with E-state index in [9.17, 15) is 13.6 Å². The van der Waals surface area contributed by atoms with E-state index in [1.807, 2.05) is 58.9 Å². The van der Waals surface area contributed by atoms with Gasteiger partial charge in [-0.3, -0.25) is 4.79 Å². The fourth-order valence-electron chi connectivity index (χ4n) is 4.35. The lowest BCUT2D eigenvalue weighted by Crippen LogP contribution is -2.49. The molecule has 0 aliphatic heterocycles. The van der Waals surface area contributed by atoms with Gasteiger partial charge in [-0.2, -0.15) is 0 Å². The Hall–Kier alpha value is -2.10. The minimum Gasteiger partial charge on any atom is -0.400 e. The third-order valence-electron chi connectivity index (χ3n) is 6.44. The molecule has 1 fully saturated rings. The molecule has 6 nitrogen and oxygen atoms in total. The zero-order valence-corrected chi connectivity index (χ0v) is 23.5. The summed E-state index contributed by atoms with van der Waals surface area (Å²) in [5.41, 5.74) is 6.47. The van der Waals surface area contributed by atoms with Gasteiger partial charge in [-0.15, -0.1) is 0 Å². The van der Waals surface area contributed by atoms with Crippen molar-refractivity contribution in [2.24, 2.45) is 11.1 Å². The first-order valence-corrected chi connectivity index (χ1v) is 12.7. The number of amides is 1. The van der Waals surface area contributed by atoms with Crippen molar-refractivity contribution in [3.05, 3.63) is 64.2 Å². The second kappa shape index (κ2) is 14.2. The molecule has 0 aromatic heterocycles. The van der Waals surface area contributed by atoms with Gasteiger partial charge in [-0.05, 0) is 67.3 Å². The highest BCUT2D eigenvalue weighted by Gasteiger charge is 2.35. The normalized spacial score (nSPS) is 21.2. The summed E-state index contributed by atoms with van der Waals surface area (Å²) >= 11 is 6.12. The van der Waals surface area contributed by atoms with Gasteiger partial charge in [0.15, 0.2) is 11.6 Å². The molecule has 1 amide bonds. The van der Waals surface area contributed by atoms with Gasteiger partial charge < -0.3 is 26.6 Å². The minimum absolute atomic E-state index is 0.000105. The quantitative estimate of drug-likeness (QED) is 0.297. The Balaban J connectivity index is 0.000000645. The Morgan fingerprint density at radius 3 is 2.14 bits per heavy atom. The minimum atomic E-state index is -0.999. The fraction of sp³-hybridized carbons (Fsp3) is 0.536. The Labute approximate surface area is 224 Å². The molecule has 1 saturated carbocycles. The molecule has 208 valence electrons. The van der Waals surface area contributed by atoms with Crippen LogP contribution in [0.5, 0.6) is 0 Å². The van der Waals surface area contributed by atoms with Gasteiger partial charge in [0.25, 0.3) is 0 Å². The number of nitrogens with one attached hydrogen (secondary N) is 2. The molecule has 2 unspecified atom stereocenters. The largest absolute Gasteiger partial charge is 0.400 e. The topological polar surface area (TPSA) is 108 Å². The van der Waals surface area contributed by atoms with Crippen LogP contribution in [0.2, 0.25) is 5.02 Å². The molecule has 9 heteroatoms. The van der Waals surface area contributed by atoms with Crippen molar-refractivity contribution in [1.82, 2.24) is 5.32 Å². The molecule has 0 radical (unpaired) electrons. The standard InChI is InChI=1S/C22H27ClF2N2O.C5H11NO.CH4O/c1-13(15-7-6-8-16(23)9-15)14(2)27-21(22(3,4)5)17-10-18(24)19(25)11-20(17)26-12-28;1-5(7)2-4(6)3-5;1-2/h6-14,21,27H,1-5H3,(H,26,28);4,7H,2-3,6H2,1H3;2H,1H3/t13?,14-,21?;;/m0../s1. The number of aliphatic hydroxyl groups is 2. The molecule has 2 aromatic rings. The fourth-order valence-corrected chi connectivity index (χ4v) is 4.55. The van der Waals surface area contributed by atoms with Crippen molar-refractivity contribution in [3.63, 3.8) is 0 Å². The van der Waals surface area contributed by atoms with Crippen LogP contribution in [0.4, 0.5) is 14.5 Å². The number of benzene rings is 2. The highest BCUT2D eigenvalue weighted by atomic mass is 35.5. The van der Waals surface area contributed by atoms with Crippen LogP contribution in [0, 0.1) is 17.0 Å². The maximum absolute atomic E-state index is 14.0. The van der Waals surface area contributed by atoms with E-state index in [0.717, 1.165) is 37.6 Å². The second-order valence-electron chi connectivity index (χ2n) is 10.9. The van der Waals surface area contributed by atoms with Gasteiger partial charge in [-0.25, -0.2) is 8.78 Å². The molecule has 3 rings (SSSR count). The van der Waals surface area contributed by atoms with Gasteiger partial charge in [0, 0.05) is 42.0 Å². The molecule has 3 atom stereocenters. The summed E-state index contributed by atoms with van der Waals surface area (Å²) in [6.45, 7) is 12.0. The monoisotopic (exact) mass is 541 g/mol. The van der Waals surface area contributed by atoms with Gasteiger partial charge in [-0.1, -0.05) is 51.4 Å². The van der Waals surface area contributed by atoms with E-state index < -0.39 is 17.2 Å². The summed E-state index contributed by atoms with van der Waals surface area (Å²) < 4.78 is 27.7. The maximum atomic E-state index is 14.0. The zero-order chi connectivity index (χ0) is 28.6. The van der Waals surface area contributed by atoms with Crippen molar-refractivity contribution < 1.29 is 23.8 Å². The van der Waals surface area contributed by atoms with Crippen molar-refractivity contribution in [2.45, 2.75) is 84.0 Å².